The number of allylic oxidation sites excluding steroid dienone is 1. The smallest absolute Gasteiger partial charge is 0.0927 e. The van der Waals surface area contributed by atoms with Crippen LogP contribution in [0.4, 0.5) is 0 Å². The summed E-state index contributed by atoms with van der Waals surface area (Å²) in [4.78, 5) is 11.9. The number of hydrogen-bond acceptors (Lipinski definition) is 2. The first-order valence-corrected chi connectivity index (χ1v) is 9.04. The number of pyridine rings is 1. The molecule has 0 atom stereocenters. The van der Waals surface area contributed by atoms with E-state index >= 15 is 0 Å². The van der Waals surface area contributed by atoms with E-state index in [0.717, 1.165) is 18.5 Å². The van der Waals surface area contributed by atoms with Crippen molar-refractivity contribution in [3.8, 4) is 11.1 Å². The SMILES string of the molecule is C(=C1/CCCc2ccc(-c3cncc4ccccc34)cc21)/c1c[nH]cn1. The maximum atomic E-state index is 4.45. The van der Waals surface area contributed by atoms with Crippen molar-refractivity contribution in [1.82, 2.24) is 15.0 Å². The molecule has 0 aliphatic heterocycles. The van der Waals surface area contributed by atoms with Gasteiger partial charge < -0.3 is 4.98 Å². The van der Waals surface area contributed by atoms with Gasteiger partial charge in [-0.1, -0.05) is 36.4 Å². The molecule has 0 saturated carbocycles. The van der Waals surface area contributed by atoms with Gasteiger partial charge in [-0.15, -0.1) is 0 Å². The van der Waals surface area contributed by atoms with Crippen LogP contribution in [0.1, 0.15) is 29.7 Å². The first kappa shape index (κ1) is 15.1. The van der Waals surface area contributed by atoms with Crippen molar-refractivity contribution in [3.63, 3.8) is 0 Å². The number of aryl methyl sites for hydroxylation is 1. The molecular weight excluding hydrogens is 318 g/mol. The highest BCUT2D eigenvalue weighted by Gasteiger charge is 2.16. The average molecular weight is 337 g/mol. The lowest BCUT2D eigenvalue weighted by Gasteiger charge is -2.20. The largest absolute Gasteiger partial charge is 0.351 e. The molecule has 0 radical (unpaired) electrons. The van der Waals surface area contributed by atoms with Gasteiger partial charge in [0.25, 0.3) is 0 Å². The lowest BCUT2D eigenvalue weighted by Crippen LogP contribution is -2.02. The first-order chi connectivity index (χ1) is 12.9. The van der Waals surface area contributed by atoms with E-state index in [4.69, 9.17) is 0 Å². The minimum absolute atomic E-state index is 0.991. The van der Waals surface area contributed by atoms with Crippen molar-refractivity contribution in [2.24, 2.45) is 0 Å². The second-order valence-electron chi connectivity index (χ2n) is 6.80. The van der Waals surface area contributed by atoms with E-state index in [-0.39, 0.29) is 0 Å². The third-order valence-corrected chi connectivity index (χ3v) is 5.17. The minimum Gasteiger partial charge on any atom is -0.351 e. The zero-order valence-electron chi connectivity index (χ0n) is 14.4. The normalized spacial score (nSPS) is 15.3. The van der Waals surface area contributed by atoms with Gasteiger partial charge in [-0.3, -0.25) is 4.98 Å². The predicted molar refractivity (Wildman–Crippen MR) is 107 cm³/mol. The number of benzene rings is 2. The van der Waals surface area contributed by atoms with Crippen LogP contribution in [0.25, 0.3) is 33.5 Å². The highest BCUT2D eigenvalue weighted by molar-refractivity contribution is 5.96. The molecule has 0 saturated heterocycles. The maximum absolute atomic E-state index is 4.45. The van der Waals surface area contributed by atoms with Crippen LogP contribution in [0, 0.1) is 0 Å². The Morgan fingerprint density at radius 2 is 1.92 bits per heavy atom. The predicted octanol–water partition coefficient (Wildman–Crippen LogP) is 5.50. The molecule has 2 aromatic carbocycles. The van der Waals surface area contributed by atoms with Crippen LogP contribution in [-0.2, 0) is 6.42 Å². The second-order valence-corrected chi connectivity index (χ2v) is 6.80. The molecule has 0 spiro atoms. The van der Waals surface area contributed by atoms with E-state index in [0.29, 0.717) is 0 Å². The Morgan fingerprint density at radius 3 is 2.85 bits per heavy atom. The summed E-state index contributed by atoms with van der Waals surface area (Å²) in [6.07, 6.45) is 13.2. The maximum Gasteiger partial charge on any atom is 0.0927 e. The van der Waals surface area contributed by atoms with Gasteiger partial charge in [0, 0.05) is 29.5 Å². The fourth-order valence-corrected chi connectivity index (χ4v) is 3.89. The van der Waals surface area contributed by atoms with Gasteiger partial charge in [0.15, 0.2) is 0 Å². The summed E-state index contributed by atoms with van der Waals surface area (Å²) in [5, 5.41) is 2.42. The molecule has 1 N–H and O–H groups in total. The van der Waals surface area contributed by atoms with Gasteiger partial charge in [0.05, 0.1) is 12.0 Å². The molecule has 5 rings (SSSR count). The van der Waals surface area contributed by atoms with Crippen molar-refractivity contribution >= 4 is 22.4 Å². The molecule has 4 aromatic rings. The van der Waals surface area contributed by atoms with Crippen LogP contribution in [-0.4, -0.2) is 15.0 Å². The lowest BCUT2D eigenvalue weighted by molar-refractivity contribution is 0.824. The number of H-pyrrole nitrogens is 1. The van der Waals surface area contributed by atoms with Gasteiger partial charge in [-0.05, 0) is 59.1 Å². The van der Waals surface area contributed by atoms with E-state index in [1.165, 1.54) is 45.0 Å². The summed E-state index contributed by atoms with van der Waals surface area (Å²) in [5.74, 6) is 0. The Balaban J connectivity index is 1.67. The number of nitrogens with zero attached hydrogens (tertiary/aromatic N) is 2. The molecule has 3 heteroatoms. The summed E-state index contributed by atoms with van der Waals surface area (Å²) in [6, 6.07) is 15.3. The van der Waals surface area contributed by atoms with Gasteiger partial charge in [0.1, 0.15) is 0 Å². The van der Waals surface area contributed by atoms with Crippen molar-refractivity contribution in [1.29, 1.82) is 0 Å². The van der Waals surface area contributed by atoms with Crippen molar-refractivity contribution in [2.45, 2.75) is 19.3 Å². The Bertz CT molecular complexity index is 1100. The van der Waals surface area contributed by atoms with Gasteiger partial charge in [0.2, 0.25) is 0 Å². The zero-order valence-corrected chi connectivity index (χ0v) is 14.4. The number of aromatic amines is 1. The third kappa shape index (κ3) is 2.62. The number of hydrogen-bond donors (Lipinski definition) is 1. The molecule has 0 amide bonds. The van der Waals surface area contributed by atoms with Crippen LogP contribution in [0.15, 0.2) is 67.4 Å². The zero-order chi connectivity index (χ0) is 17.3. The highest BCUT2D eigenvalue weighted by Crippen LogP contribution is 2.36. The molecule has 3 nitrogen and oxygen atoms in total. The molecule has 2 heterocycles. The second kappa shape index (κ2) is 6.26. The molecule has 126 valence electrons. The fourth-order valence-electron chi connectivity index (χ4n) is 3.89. The lowest BCUT2D eigenvalue weighted by atomic mass is 9.84. The summed E-state index contributed by atoms with van der Waals surface area (Å²) in [7, 11) is 0. The summed E-state index contributed by atoms with van der Waals surface area (Å²) in [5.41, 5.74) is 7.55. The standard InChI is InChI=1S/C23H19N3/c1-2-7-21-19(4-1)12-24-14-23(21)18-9-8-16-5-3-6-17(22(16)11-18)10-20-13-25-15-26-20/h1-2,4,7-15H,3,5-6H2,(H,25,26)/b17-10+. The van der Waals surface area contributed by atoms with Crippen LogP contribution in [0.2, 0.25) is 0 Å². The summed E-state index contributed by atoms with van der Waals surface area (Å²) >= 11 is 0. The Morgan fingerprint density at radius 1 is 0.962 bits per heavy atom. The molecule has 1 aliphatic carbocycles. The van der Waals surface area contributed by atoms with Crippen LogP contribution in [0.5, 0.6) is 0 Å². The van der Waals surface area contributed by atoms with Gasteiger partial charge in [-0.25, -0.2) is 4.98 Å². The molecule has 0 bridgehead atoms. The minimum atomic E-state index is 0.991. The molecule has 0 unspecified atom stereocenters. The topological polar surface area (TPSA) is 41.6 Å². The number of rotatable bonds is 2. The number of fused-ring (bicyclic) bond motifs is 2. The van der Waals surface area contributed by atoms with E-state index in [1.807, 2.05) is 18.6 Å². The monoisotopic (exact) mass is 337 g/mol. The van der Waals surface area contributed by atoms with Crippen LogP contribution >= 0.6 is 0 Å². The van der Waals surface area contributed by atoms with Crippen molar-refractivity contribution in [3.05, 3.63) is 84.2 Å². The quantitative estimate of drug-likeness (QED) is 0.524. The Labute approximate surface area is 152 Å². The molecule has 26 heavy (non-hydrogen) atoms. The number of imidazole rings is 1. The molecule has 0 fully saturated rings. The van der Waals surface area contributed by atoms with E-state index in [2.05, 4.69) is 63.5 Å². The molecular formula is C23H19N3. The summed E-state index contributed by atoms with van der Waals surface area (Å²) < 4.78 is 0. The number of aromatic nitrogens is 3. The Hall–Kier alpha value is -3.20. The molecule has 1 aliphatic rings. The summed E-state index contributed by atoms with van der Waals surface area (Å²) in [6.45, 7) is 0. The van der Waals surface area contributed by atoms with Crippen molar-refractivity contribution in [2.75, 3.05) is 0 Å². The average Bonchev–Trinajstić information content (AvgIpc) is 3.21. The van der Waals surface area contributed by atoms with E-state index in [9.17, 15) is 0 Å². The third-order valence-electron chi connectivity index (χ3n) is 5.17. The Kier molecular flexibility index (Phi) is 3.64. The highest BCUT2D eigenvalue weighted by atomic mass is 14.8. The van der Waals surface area contributed by atoms with Crippen LogP contribution < -0.4 is 0 Å². The van der Waals surface area contributed by atoms with E-state index < -0.39 is 0 Å². The van der Waals surface area contributed by atoms with Gasteiger partial charge >= 0.3 is 0 Å². The number of nitrogens with one attached hydrogen (secondary N) is 1. The van der Waals surface area contributed by atoms with E-state index in [1.54, 1.807) is 6.33 Å². The van der Waals surface area contributed by atoms with Crippen LogP contribution in [0.3, 0.4) is 0 Å². The first-order valence-electron chi connectivity index (χ1n) is 9.04. The fraction of sp³-hybridized carbons (Fsp3) is 0.130. The van der Waals surface area contributed by atoms with Crippen molar-refractivity contribution < 1.29 is 0 Å². The molecule has 2 aromatic heterocycles. The van der Waals surface area contributed by atoms with Gasteiger partial charge in [-0.2, -0.15) is 0 Å².